The van der Waals surface area contributed by atoms with Gasteiger partial charge in [-0.2, -0.15) is 0 Å². The summed E-state index contributed by atoms with van der Waals surface area (Å²) in [7, 11) is -3.20. The van der Waals surface area contributed by atoms with E-state index in [1.807, 2.05) is 6.92 Å². The second-order valence-corrected chi connectivity index (χ2v) is 9.65. The number of carbonyl (C=O) groups excluding carboxylic acids is 2. The SMILES string of the molecule is CCCCS(=O)(=O)N1CCC(C(=O)NCCNC(=O)OC(C)(C)C)CC1. The van der Waals surface area contributed by atoms with E-state index in [9.17, 15) is 18.0 Å². The Morgan fingerprint density at radius 1 is 1.12 bits per heavy atom. The number of unbranched alkanes of at least 4 members (excludes halogenated alkanes) is 1. The van der Waals surface area contributed by atoms with Crippen molar-refractivity contribution in [2.45, 2.75) is 59.0 Å². The Balaban J connectivity index is 2.27. The largest absolute Gasteiger partial charge is 0.444 e. The van der Waals surface area contributed by atoms with Gasteiger partial charge in [0.15, 0.2) is 0 Å². The molecule has 1 heterocycles. The third-order valence-corrected chi connectivity index (χ3v) is 6.02. The third kappa shape index (κ3) is 8.35. The fourth-order valence-electron chi connectivity index (χ4n) is 2.66. The van der Waals surface area contributed by atoms with Crippen LogP contribution >= 0.6 is 0 Å². The van der Waals surface area contributed by atoms with Crippen LogP contribution in [0, 0.1) is 5.92 Å². The molecule has 1 aliphatic heterocycles. The highest BCUT2D eigenvalue weighted by molar-refractivity contribution is 7.89. The first-order valence-electron chi connectivity index (χ1n) is 9.27. The van der Waals surface area contributed by atoms with Gasteiger partial charge in [-0.15, -0.1) is 0 Å². The van der Waals surface area contributed by atoms with E-state index in [0.717, 1.165) is 6.42 Å². The first-order chi connectivity index (χ1) is 12.0. The molecule has 0 aliphatic carbocycles. The van der Waals surface area contributed by atoms with Crippen LogP contribution in [0.1, 0.15) is 53.4 Å². The standard InChI is InChI=1S/C17H33N3O5S/c1-5-6-13-26(23,24)20-11-7-14(8-12-20)15(21)18-9-10-19-16(22)25-17(2,3)4/h14H,5-13H2,1-4H3,(H,18,21)(H,19,22). The van der Waals surface area contributed by atoms with Crippen molar-refractivity contribution in [3.63, 3.8) is 0 Å². The van der Waals surface area contributed by atoms with E-state index in [4.69, 9.17) is 4.74 Å². The van der Waals surface area contributed by atoms with E-state index in [-0.39, 0.29) is 24.1 Å². The number of sulfonamides is 1. The van der Waals surface area contributed by atoms with Gasteiger partial charge in [-0.25, -0.2) is 17.5 Å². The molecule has 1 saturated heterocycles. The fourth-order valence-corrected chi connectivity index (χ4v) is 4.34. The van der Waals surface area contributed by atoms with E-state index in [0.29, 0.717) is 38.9 Å². The highest BCUT2D eigenvalue weighted by Crippen LogP contribution is 2.20. The van der Waals surface area contributed by atoms with Crippen LogP contribution in [0.2, 0.25) is 0 Å². The minimum atomic E-state index is -3.20. The van der Waals surface area contributed by atoms with Crippen molar-refractivity contribution in [3.05, 3.63) is 0 Å². The van der Waals surface area contributed by atoms with Crippen molar-refractivity contribution in [1.82, 2.24) is 14.9 Å². The number of hydrogen-bond acceptors (Lipinski definition) is 5. The van der Waals surface area contributed by atoms with Gasteiger partial charge in [-0.1, -0.05) is 13.3 Å². The van der Waals surface area contributed by atoms with Gasteiger partial charge in [0.2, 0.25) is 15.9 Å². The molecule has 0 unspecified atom stereocenters. The molecule has 9 heteroatoms. The Bertz CT molecular complexity index is 563. The molecule has 1 aliphatic rings. The zero-order chi connectivity index (χ0) is 19.8. The van der Waals surface area contributed by atoms with Crippen LogP contribution in [-0.2, 0) is 19.6 Å². The number of nitrogens with one attached hydrogen (secondary N) is 2. The summed E-state index contributed by atoms with van der Waals surface area (Å²) in [6, 6.07) is 0. The maximum absolute atomic E-state index is 12.2. The van der Waals surface area contributed by atoms with Crippen molar-refractivity contribution in [1.29, 1.82) is 0 Å². The topological polar surface area (TPSA) is 105 Å². The smallest absolute Gasteiger partial charge is 0.407 e. The maximum Gasteiger partial charge on any atom is 0.407 e. The molecule has 0 saturated carbocycles. The second kappa shape index (κ2) is 10.1. The molecule has 0 aromatic carbocycles. The summed E-state index contributed by atoms with van der Waals surface area (Å²) in [5.74, 6) is -0.104. The van der Waals surface area contributed by atoms with Crippen molar-refractivity contribution in [2.75, 3.05) is 31.9 Å². The van der Waals surface area contributed by atoms with Crippen LogP contribution < -0.4 is 10.6 Å². The highest BCUT2D eigenvalue weighted by atomic mass is 32.2. The number of piperidine rings is 1. The fraction of sp³-hybridized carbons (Fsp3) is 0.882. The first kappa shape index (κ1) is 22.7. The van der Waals surface area contributed by atoms with Gasteiger partial charge in [0.25, 0.3) is 0 Å². The predicted octanol–water partition coefficient (Wildman–Crippen LogP) is 1.47. The van der Waals surface area contributed by atoms with E-state index < -0.39 is 21.7 Å². The zero-order valence-corrected chi connectivity index (χ0v) is 17.2. The van der Waals surface area contributed by atoms with Crippen LogP contribution in [-0.4, -0.2) is 62.3 Å². The quantitative estimate of drug-likeness (QED) is 0.610. The Morgan fingerprint density at radius 2 is 1.69 bits per heavy atom. The molecule has 2 amide bonds. The minimum absolute atomic E-state index is 0.0957. The lowest BCUT2D eigenvalue weighted by atomic mass is 9.97. The molecule has 1 rings (SSSR count). The van der Waals surface area contributed by atoms with E-state index in [2.05, 4.69) is 10.6 Å². The monoisotopic (exact) mass is 391 g/mol. The van der Waals surface area contributed by atoms with Crippen LogP contribution in [0.15, 0.2) is 0 Å². The molecule has 152 valence electrons. The van der Waals surface area contributed by atoms with Crippen molar-refractivity contribution < 1.29 is 22.7 Å². The molecule has 1 fully saturated rings. The number of rotatable bonds is 8. The minimum Gasteiger partial charge on any atom is -0.444 e. The van der Waals surface area contributed by atoms with E-state index >= 15 is 0 Å². The third-order valence-electron chi connectivity index (χ3n) is 4.07. The summed E-state index contributed by atoms with van der Waals surface area (Å²) in [5, 5.41) is 5.36. The summed E-state index contributed by atoms with van der Waals surface area (Å²) in [6.07, 6.45) is 2.04. The molecule has 0 aromatic rings. The van der Waals surface area contributed by atoms with Gasteiger partial charge in [-0.3, -0.25) is 4.79 Å². The average molecular weight is 392 g/mol. The van der Waals surface area contributed by atoms with Crippen molar-refractivity contribution in [3.8, 4) is 0 Å². The molecule has 8 nitrogen and oxygen atoms in total. The van der Waals surface area contributed by atoms with Gasteiger partial charge in [0.1, 0.15) is 5.60 Å². The summed E-state index contributed by atoms with van der Waals surface area (Å²) in [5.41, 5.74) is -0.557. The van der Waals surface area contributed by atoms with Gasteiger partial charge in [-0.05, 0) is 40.0 Å². The van der Waals surface area contributed by atoms with Crippen molar-refractivity contribution >= 4 is 22.0 Å². The predicted molar refractivity (Wildman–Crippen MR) is 100 cm³/mol. The Labute approximate surface area is 157 Å². The van der Waals surface area contributed by atoms with Gasteiger partial charge >= 0.3 is 6.09 Å². The first-order valence-corrected chi connectivity index (χ1v) is 10.9. The Kier molecular flexibility index (Phi) is 8.82. The lowest BCUT2D eigenvalue weighted by Gasteiger charge is -2.30. The summed E-state index contributed by atoms with van der Waals surface area (Å²) in [4.78, 5) is 23.7. The van der Waals surface area contributed by atoms with Gasteiger partial charge in [0, 0.05) is 32.1 Å². The Morgan fingerprint density at radius 3 is 2.23 bits per heavy atom. The number of ether oxygens (including phenoxy) is 1. The van der Waals surface area contributed by atoms with Gasteiger partial charge in [0.05, 0.1) is 5.75 Å². The van der Waals surface area contributed by atoms with Gasteiger partial charge < -0.3 is 15.4 Å². The number of carbonyl (C=O) groups is 2. The molecular weight excluding hydrogens is 358 g/mol. The molecule has 26 heavy (non-hydrogen) atoms. The lowest BCUT2D eigenvalue weighted by molar-refractivity contribution is -0.126. The van der Waals surface area contributed by atoms with E-state index in [1.165, 1.54) is 4.31 Å². The van der Waals surface area contributed by atoms with Crippen LogP contribution in [0.5, 0.6) is 0 Å². The molecular formula is C17H33N3O5S. The summed E-state index contributed by atoms with van der Waals surface area (Å²) in [6.45, 7) is 8.68. The summed E-state index contributed by atoms with van der Waals surface area (Å²) >= 11 is 0. The maximum atomic E-state index is 12.2. The number of alkyl carbamates (subject to hydrolysis) is 1. The molecule has 0 spiro atoms. The normalized spacial score (nSPS) is 16.9. The molecule has 0 atom stereocenters. The number of hydrogen-bond donors (Lipinski definition) is 2. The van der Waals surface area contributed by atoms with Crippen LogP contribution in [0.25, 0.3) is 0 Å². The molecule has 2 N–H and O–H groups in total. The number of nitrogens with zero attached hydrogens (tertiary/aromatic N) is 1. The zero-order valence-electron chi connectivity index (χ0n) is 16.3. The molecule has 0 radical (unpaired) electrons. The lowest BCUT2D eigenvalue weighted by Crippen LogP contribution is -2.45. The molecule has 0 aromatic heterocycles. The number of amides is 2. The van der Waals surface area contributed by atoms with Crippen LogP contribution in [0.3, 0.4) is 0 Å². The van der Waals surface area contributed by atoms with Crippen molar-refractivity contribution in [2.24, 2.45) is 5.92 Å². The molecule has 0 bridgehead atoms. The highest BCUT2D eigenvalue weighted by Gasteiger charge is 2.30. The van der Waals surface area contributed by atoms with E-state index in [1.54, 1.807) is 20.8 Å². The van der Waals surface area contributed by atoms with Crippen LogP contribution in [0.4, 0.5) is 4.79 Å². The average Bonchev–Trinajstić information content (AvgIpc) is 2.55. The second-order valence-electron chi connectivity index (χ2n) is 7.56. The Hall–Kier alpha value is -1.35. The summed E-state index contributed by atoms with van der Waals surface area (Å²) < 4.78 is 30.9.